The molecular weight excluding hydrogens is 306 g/mol. The SMILES string of the molecule is C[C@@H](CN(C)C(=O)c1ccc([N+](=O)[O-])cc1O)c1nccs1. The number of nitro benzene ring substituents is 1. The first-order valence-electron chi connectivity index (χ1n) is 6.52. The number of non-ortho nitro benzene ring substituents is 1. The number of aromatic hydroxyl groups is 1. The molecule has 0 aliphatic heterocycles. The average molecular weight is 321 g/mol. The van der Waals surface area contributed by atoms with Crippen LogP contribution in [-0.4, -0.2) is 39.4 Å². The summed E-state index contributed by atoms with van der Waals surface area (Å²) in [4.78, 5) is 28.0. The number of benzene rings is 1. The van der Waals surface area contributed by atoms with Gasteiger partial charge in [0.2, 0.25) is 0 Å². The van der Waals surface area contributed by atoms with Gasteiger partial charge in [0.25, 0.3) is 11.6 Å². The predicted molar refractivity (Wildman–Crippen MR) is 82.3 cm³/mol. The molecule has 0 saturated heterocycles. The smallest absolute Gasteiger partial charge is 0.273 e. The molecule has 7 nitrogen and oxygen atoms in total. The van der Waals surface area contributed by atoms with E-state index in [1.54, 1.807) is 13.2 Å². The third-order valence-corrected chi connectivity index (χ3v) is 4.20. The Labute approximate surface area is 131 Å². The first kappa shape index (κ1) is 15.9. The van der Waals surface area contributed by atoms with E-state index >= 15 is 0 Å². The molecule has 0 bridgehead atoms. The van der Waals surface area contributed by atoms with Crippen LogP contribution in [0.4, 0.5) is 5.69 Å². The van der Waals surface area contributed by atoms with E-state index in [4.69, 9.17) is 0 Å². The van der Waals surface area contributed by atoms with Crippen molar-refractivity contribution in [1.29, 1.82) is 0 Å². The summed E-state index contributed by atoms with van der Waals surface area (Å²) in [7, 11) is 1.62. The fraction of sp³-hybridized carbons (Fsp3) is 0.286. The number of nitro groups is 1. The minimum atomic E-state index is -0.623. The zero-order valence-corrected chi connectivity index (χ0v) is 12.9. The number of phenolic OH excluding ortho intramolecular Hbond substituents is 1. The van der Waals surface area contributed by atoms with Gasteiger partial charge >= 0.3 is 0 Å². The predicted octanol–water partition coefficient (Wildman–Crippen LogP) is 2.63. The second-order valence-corrected chi connectivity index (χ2v) is 5.84. The van der Waals surface area contributed by atoms with E-state index < -0.39 is 16.6 Å². The van der Waals surface area contributed by atoms with Gasteiger partial charge in [0.05, 0.1) is 21.6 Å². The molecule has 0 spiro atoms. The van der Waals surface area contributed by atoms with Crippen molar-refractivity contribution < 1.29 is 14.8 Å². The van der Waals surface area contributed by atoms with Crippen molar-refractivity contribution in [3.63, 3.8) is 0 Å². The zero-order valence-electron chi connectivity index (χ0n) is 12.1. The molecule has 0 unspecified atom stereocenters. The lowest BCUT2D eigenvalue weighted by Crippen LogP contribution is -2.30. The van der Waals surface area contributed by atoms with Crippen LogP contribution in [0.2, 0.25) is 0 Å². The van der Waals surface area contributed by atoms with Gasteiger partial charge in [-0.15, -0.1) is 11.3 Å². The minimum absolute atomic E-state index is 0.0411. The van der Waals surface area contributed by atoms with Crippen LogP contribution in [0.15, 0.2) is 29.8 Å². The second kappa shape index (κ2) is 6.52. The molecule has 0 fully saturated rings. The van der Waals surface area contributed by atoms with Crippen LogP contribution in [-0.2, 0) is 0 Å². The van der Waals surface area contributed by atoms with E-state index in [9.17, 15) is 20.0 Å². The number of rotatable bonds is 5. The highest BCUT2D eigenvalue weighted by molar-refractivity contribution is 7.09. The summed E-state index contributed by atoms with van der Waals surface area (Å²) < 4.78 is 0. The Morgan fingerprint density at radius 3 is 2.82 bits per heavy atom. The first-order valence-corrected chi connectivity index (χ1v) is 7.40. The molecule has 2 rings (SSSR count). The fourth-order valence-electron chi connectivity index (χ4n) is 2.07. The minimum Gasteiger partial charge on any atom is -0.507 e. The number of likely N-dealkylation sites (N-methyl/N-ethyl adjacent to an activating group) is 1. The lowest BCUT2D eigenvalue weighted by Gasteiger charge is -2.20. The summed E-state index contributed by atoms with van der Waals surface area (Å²) >= 11 is 1.52. The monoisotopic (exact) mass is 321 g/mol. The van der Waals surface area contributed by atoms with E-state index in [-0.39, 0.29) is 17.2 Å². The van der Waals surface area contributed by atoms with Crippen molar-refractivity contribution in [2.75, 3.05) is 13.6 Å². The molecule has 8 heteroatoms. The van der Waals surface area contributed by atoms with Crippen molar-refractivity contribution >= 4 is 22.9 Å². The Balaban J connectivity index is 2.12. The van der Waals surface area contributed by atoms with Crippen LogP contribution < -0.4 is 0 Å². The molecular formula is C14H15N3O4S. The molecule has 0 aliphatic carbocycles. The van der Waals surface area contributed by atoms with Crippen molar-refractivity contribution in [2.24, 2.45) is 0 Å². The molecule has 116 valence electrons. The van der Waals surface area contributed by atoms with Crippen LogP contribution >= 0.6 is 11.3 Å². The number of carbonyl (C=O) groups is 1. The highest BCUT2D eigenvalue weighted by atomic mass is 32.1. The number of nitrogens with zero attached hydrogens (tertiary/aromatic N) is 3. The van der Waals surface area contributed by atoms with E-state index in [1.807, 2.05) is 12.3 Å². The maximum Gasteiger partial charge on any atom is 0.273 e. The molecule has 22 heavy (non-hydrogen) atoms. The molecule has 1 aromatic heterocycles. The Morgan fingerprint density at radius 1 is 1.55 bits per heavy atom. The Hall–Kier alpha value is -2.48. The summed E-state index contributed by atoms with van der Waals surface area (Å²) in [6, 6.07) is 3.44. The molecule has 0 radical (unpaired) electrons. The van der Waals surface area contributed by atoms with Crippen molar-refractivity contribution in [3.05, 3.63) is 50.5 Å². The van der Waals surface area contributed by atoms with Crippen LogP contribution in [0.3, 0.4) is 0 Å². The van der Waals surface area contributed by atoms with Gasteiger partial charge in [0.1, 0.15) is 5.75 Å². The molecule has 1 atom stereocenters. The maximum absolute atomic E-state index is 12.3. The van der Waals surface area contributed by atoms with Crippen LogP contribution in [0.5, 0.6) is 5.75 Å². The highest BCUT2D eigenvalue weighted by Gasteiger charge is 2.21. The molecule has 0 aliphatic rings. The Morgan fingerprint density at radius 2 is 2.27 bits per heavy atom. The van der Waals surface area contributed by atoms with Crippen molar-refractivity contribution in [2.45, 2.75) is 12.8 Å². The molecule has 0 saturated carbocycles. The normalized spacial score (nSPS) is 11.9. The molecule has 2 aromatic rings. The summed E-state index contributed by atoms with van der Waals surface area (Å²) in [5.74, 6) is -0.724. The molecule has 1 amide bonds. The number of thiazole rings is 1. The van der Waals surface area contributed by atoms with Gasteiger partial charge in [-0.1, -0.05) is 6.92 Å². The van der Waals surface area contributed by atoms with E-state index in [1.165, 1.54) is 28.4 Å². The number of amides is 1. The molecule has 1 heterocycles. The first-order chi connectivity index (χ1) is 10.4. The van der Waals surface area contributed by atoms with E-state index in [0.29, 0.717) is 6.54 Å². The number of hydrogen-bond acceptors (Lipinski definition) is 6. The topological polar surface area (TPSA) is 96.6 Å². The van der Waals surface area contributed by atoms with Crippen molar-refractivity contribution in [3.8, 4) is 5.75 Å². The van der Waals surface area contributed by atoms with Gasteiger partial charge in [0.15, 0.2) is 0 Å². The lowest BCUT2D eigenvalue weighted by atomic mass is 10.1. The largest absolute Gasteiger partial charge is 0.507 e. The Bertz CT molecular complexity index is 687. The summed E-state index contributed by atoms with van der Waals surface area (Å²) in [6.07, 6.45) is 1.71. The number of aromatic nitrogens is 1. The number of carbonyl (C=O) groups excluding carboxylic acids is 1. The summed E-state index contributed by atoms with van der Waals surface area (Å²) in [5, 5.41) is 23.2. The van der Waals surface area contributed by atoms with Gasteiger partial charge < -0.3 is 10.0 Å². The van der Waals surface area contributed by atoms with Crippen molar-refractivity contribution in [1.82, 2.24) is 9.88 Å². The van der Waals surface area contributed by atoms with Gasteiger partial charge in [0, 0.05) is 37.2 Å². The number of phenols is 1. The summed E-state index contributed by atoms with van der Waals surface area (Å²) in [6.45, 7) is 2.39. The molecule has 1 aromatic carbocycles. The standard InChI is InChI=1S/C14H15N3O4S/c1-9(13-15-5-6-22-13)8-16(2)14(19)11-4-3-10(17(20)21)7-12(11)18/h3-7,9,18H,8H2,1-2H3/t9-/m0/s1. The van der Waals surface area contributed by atoms with E-state index in [2.05, 4.69) is 4.98 Å². The van der Waals surface area contributed by atoms with Gasteiger partial charge in [-0.2, -0.15) is 0 Å². The Kier molecular flexibility index (Phi) is 4.71. The third-order valence-electron chi connectivity index (χ3n) is 3.19. The molecule has 1 N–H and O–H groups in total. The summed E-state index contributed by atoms with van der Waals surface area (Å²) in [5.41, 5.74) is -0.215. The van der Waals surface area contributed by atoms with E-state index in [0.717, 1.165) is 11.1 Å². The highest BCUT2D eigenvalue weighted by Crippen LogP contribution is 2.25. The van der Waals surface area contributed by atoms with Crippen LogP contribution in [0.25, 0.3) is 0 Å². The van der Waals surface area contributed by atoms with Gasteiger partial charge in [-0.3, -0.25) is 14.9 Å². The average Bonchev–Trinajstić information content (AvgIpc) is 3.00. The maximum atomic E-state index is 12.3. The third kappa shape index (κ3) is 3.40. The van der Waals surface area contributed by atoms with Gasteiger partial charge in [-0.25, -0.2) is 4.98 Å². The van der Waals surface area contributed by atoms with Crippen LogP contribution in [0.1, 0.15) is 28.2 Å². The van der Waals surface area contributed by atoms with Crippen LogP contribution in [0, 0.1) is 10.1 Å². The zero-order chi connectivity index (χ0) is 16.3. The lowest BCUT2D eigenvalue weighted by molar-refractivity contribution is -0.384. The quantitative estimate of drug-likeness (QED) is 0.674. The fourth-order valence-corrected chi connectivity index (χ4v) is 2.76. The number of hydrogen-bond donors (Lipinski definition) is 1. The van der Waals surface area contributed by atoms with Gasteiger partial charge in [-0.05, 0) is 6.07 Å². The second-order valence-electron chi connectivity index (χ2n) is 4.92.